The summed E-state index contributed by atoms with van der Waals surface area (Å²) in [6, 6.07) is 0. The van der Waals surface area contributed by atoms with E-state index in [9.17, 15) is 10.2 Å². The third-order valence-electron chi connectivity index (χ3n) is 7.88. The van der Waals surface area contributed by atoms with Crippen molar-refractivity contribution in [1.29, 1.82) is 0 Å². The van der Waals surface area contributed by atoms with Crippen molar-refractivity contribution in [1.82, 2.24) is 0 Å². The van der Waals surface area contributed by atoms with Crippen molar-refractivity contribution in [3.63, 3.8) is 0 Å². The molecule has 0 saturated heterocycles. The SMILES string of the molecule is C=C1CC/C(=C/C=C2\CCCC3C2CCC3C(C)CCCC(C)(C)O)C(=C)C1O. The molecule has 29 heavy (non-hydrogen) atoms. The molecule has 3 fully saturated rings. The molecule has 0 amide bonds. The van der Waals surface area contributed by atoms with Gasteiger partial charge in [-0.3, -0.25) is 0 Å². The van der Waals surface area contributed by atoms with Crippen LogP contribution in [0.1, 0.15) is 85.0 Å². The zero-order chi connectivity index (χ0) is 21.2. The molecular weight excluding hydrogens is 356 g/mol. The molecule has 2 heteroatoms. The highest BCUT2D eigenvalue weighted by Crippen LogP contribution is 2.51. The van der Waals surface area contributed by atoms with E-state index >= 15 is 0 Å². The molecule has 5 atom stereocenters. The number of hydrogen-bond acceptors (Lipinski definition) is 2. The first kappa shape index (κ1) is 22.6. The van der Waals surface area contributed by atoms with Gasteiger partial charge in [0, 0.05) is 0 Å². The summed E-state index contributed by atoms with van der Waals surface area (Å²) in [6.45, 7) is 14.4. The normalized spacial score (nSPS) is 34.7. The summed E-state index contributed by atoms with van der Waals surface area (Å²) in [7, 11) is 0. The van der Waals surface area contributed by atoms with Crippen LogP contribution in [0.25, 0.3) is 0 Å². The molecular formula is C27H42O2. The highest BCUT2D eigenvalue weighted by atomic mass is 16.3. The van der Waals surface area contributed by atoms with Crippen LogP contribution in [-0.2, 0) is 0 Å². The largest absolute Gasteiger partial charge is 0.390 e. The van der Waals surface area contributed by atoms with E-state index in [1.165, 1.54) is 44.1 Å². The Bertz CT molecular complexity index is 675. The van der Waals surface area contributed by atoms with Crippen molar-refractivity contribution < 1.29 is 10.2 Å². The molecule has 3 aliphatic rings. The fraction of sp³-hybridized carbons (Fsp3) is 0.704. The smallest absolute Gasteiger partial charge is 0.0995 e. The van der Waals surface area contributed by atoms with Crippen LogP contribution in [0.5, 0.6) is 0 Å². The molecule has 0 aromatic heterocycles. The molecule has 0 bridgehead atoms. The molecule has 3 aliphatic carbocycles. The number of hydrogen-bond donors (Lipinski definition) is 2. The number of aliphatic hydroxyl groups is 2. The number of rotatable bonds is 6. The third-order valence-corrected chi connectivity index (χ3v) is 7.88. The van der Waals surface area contributed by atoms with E-state index in [1.54, 1.807) is 5.57 Å². The second-order valence-corrected chi connectivity index (χ2v) is 10.6. The van der Waals surface area contributed by atoms with Gasteiger partial charge in [-0.05, 0) is 106 Å². The van der Waals surface area contributed by atoms with Gasteiger partial charge in [-0.2, -0.15) is 0 Å². The lowest BCUT2D eigenvalue weighted by atomic mass is 9.71. The predicted octanol–water partition coefficient (Wildman–Crippen LogP) is 6.51. The molecule has 0 radical (unpaired) electrons. The Kier molecular flexibility index (Phi) is 7.27. The summed E-state index contributed by atoms with van der Waals surface area (Å²) in [5.74, 6) is 3.18. The van der Waals surface area contributed by atoms with Crippen LogP contribution in [0, 0.1) is 23.7 Å². The predicted molar refractivity (Wildman–Crippen MR) is 123 cm³/mol. The Balaban J connectivity index is 1.63. The lowest BCUT2D eigenvalue weighted by Crippen LogP contribution is -2.25. The fourth-order valence-corrected chi connectivity index (χ4v) is 6.10. The second kappa shape index (κ2) is 9.35. The van der Waals surface area contributed by atoms with Crippen LogP contribution in [0.2, 0.25) is 0 Å². The van der Waals surface area contributed by atoms with Crippen LogP contribution in [-0.4, -0.2) is 21.9 Å². The van der Waals surface area contributed by atoms with Gasteiger partial charge in [0.25, 0.3) is 0 Å². The average molecular weight is 399 g/mol. The van der Waals surface area contributed by atoms with Gasteiger partial charge < -0.3 is 10.2 Å². The second-order valence-electron chi connectivity index (χ2n) is 10.6. The molecule has 0 aliphatic heterocycles. The summed E-state index contributed by atoms with van der Waals surface area (Å²) >= 11 is 0. The Hall–Kier alpha value is -1.12. The maximum atomic E-state index is 10.2. The van der Waals surface area contributed by atoms with E-state index in [0.717, 1.165) is 60.5 Å². The number of allylic oxidation sites excluding steroid dienone is 3. The van der Waals surface area contributed by atoms with Gasteiger partial charge in [-0.1, -0.05) is 50.6 Å². The minimum Gasteiger partial charge on any atom is -0.390 e. The standard InChI is InChI=1S/C27H42O2/c1-18(8-7-17-27(4,5)29)23-15-16-24-22(9-6-10-25(23)24)14-13-21-12-11-19(2)26(28)20(21)3/h13-14,18,23-26,28-29H,2-3,6-12,15-17H2,1,4-5H3/b21-13-,22-14+. The van der Waals surface area contributed by atoms with Crippen LogP contribution in [0.15, 0.2) is 47.6 Å². The van der Waals surface area contributed by atoms with Gasteiger partial charge in [0.15, 0.2) is 0 Å². The molecule has 0 heterocycles. The van der Waals surface area contributed by atoms with E-state index in [1.807, 2.05) is 13.8 Å². The molecule has 2 nitrogen and oxygen atoms in total. The van der Waals surface area contributed by atoms with E-state index < -0.39 is 11.7 Å². The summed E-state index contributed by atoms with van der Waals surface area (Å²) in [5.41, 5.74) is 4.04. The molecule has 5 unspecified atom stereocenters. The topological polar surface area (TPSA) is 40.5 Å². The van der Waals surface area contributed by atoms with Gasteiger partial charge in [0.2, 0.25) is 0 Å². The summed E-state index contributed by atoms with van der Waals surface area (Å²) < 4.78 is 0. The highest BCUT2D eigenvalue weighted by Gasteiger charge is 2.41. The number of fused-ring (bicyclic) bond motifs is 1. The first-order valence-electron chi connectivity index (χ1n) is 11.8. The maximum absolute atomic E-state index is 10.2. The Morgan fingerprint density at radius 3 is 2.59 bits per heavy atom. The summed E-state index contributed by atoms with van der Waals surface area (Å²) in [6.07, 6.45) is 15.8. The zero-order valence-corrected chi connectivity index (χ0v) is 18.9. The van der Waals surface area contributed by atoms with Gasteiger partial charge in [0.05, 0.1) is 11.7 Å². The van der Waals surface area contributed by atoms with Crippen molar-refractivity contribution in [2.45, 2.75) is 96.7 Å². The van der Waals surface area contributed by atoms with Crippen molar-refractivity contribution in [2.24, 2.45) is 23.7 Å². The fourth-order valence-electron chi connectivity index (χ4n) is 6.10. The summed E-state index contributed by atoms with van der Waals surface area (Å²) in [4.78, 5) is 0. The highest BCUT2D eigenvalue weighted by molar-refractivity contribution is 5.43. The monoisotopic (exact) mass is 398 g/mol. The Morgan fingerprint density at radius 1 is 1.10 bits per heavy atom. The maximum Gasteiger partial charge on any atom is 0.0995 e. The van der Waals surface area contributed by atoms with Crippen LogP contribution in [0.3, 0.4) is 0 Å². The van der Waals surface area contributed by atoms with Crippen LogP contribution < -0.4 is 0 Å². The zero-order valence-electron chi connectivity index (χ0n) is 18.9. The van der Waals surface area contributed by atoms with E-state index in [2.05, 4.69) is 32.2 Å². The molecule has 2 N–H and O–H groups in total. The average Bonchev–Trinajstić information content (AvgIpc) is 3.09. The Labute approximate surface area is 178 Å². The van der Waals surface area contributed by atoms with Gasteiger partial charge in [0.1, 0.15) is 0 Å². The van der Waals surface area contributed by atoms with Gasteiger partial charge >= 0.3 is 0 Å². The molecule has 162 valence electrons. The molecule has 0 aromatic rings. The molecule has 3 saturated carbocycles. The Morgan fingerprint density at radius 2 is 1.86 bits per heavy atom. The van der Waals surface area contributed by atoms with Crippen molar-refractivity contribution in [3.05, 3.63) is 47.6 Å². The lowest BCUT2D eigenvalue weighted by molar-refractivity contribution is 0.0652. The molecule has 0 aromatic carbocycles. The van der Waals surface area contributed by atoms with E-state index in [4.69, 9.17) is 0 Å². The first-order valence-corrected chi connectivity index (χ1v) is 11.8. The van der Waals surface area contributed by atoms with Crippen LogP contribution >= 0.6 is 0 Å². The molecule has 3 rings (SSSR count). The van der Waals surface area contributed by atoms with E-state index in [-0.39, 0.29) is 0 Å². The van der Waals surface area contributed by atoms with Crippen molar-refractivity contribution in [3.8, 4) is 0 Å². The van der Waals surface area contributed by atoms with Gasteiger partial charge in [-0.25, -0.2) is 0 Å². The van der Waals surface area contributed by atoms with Crippen molar-refractivity contribution >= 4 is 0 Å². The quantitative estimate of drug-likeness (QED) is 0.501. The minimum absolute atomic E-state index is 0.532. The van der Waals surface area contributed by atoms with Crippen molar-refractivity contribution in [2.75, 3.05) is 0 Å². The first-order chi connectivity index (χ1) is 13.7. The number of aliphatic hydroxyl groups excluding tert-OH is 1. The summed E-state index contributed by atoms with van der Waals surface area (Å²) in [5, 5.41) is 20.2. The molecule has 0 spiro atoms. The third kappa shape index (κ3) is 5.52. The van der Waals surface area contributed by atoms with E-state index in [0.29, 0.717) is 0 Å². The van der Waals surface area contributed by atoms with Gasteiger partial charge in [-0.15, -0.1) is 0 Å². The van der Waals surface area contributed by atoms with Crippen LogP contribution in [0.4, 0.5) is 0 Å². The lowest BCUT2D eigenvalue weighted by Gasteiger charge is -2.34. The minimum atomic E-state index is -0.562.